The number of rotatable bonds is 2. The maximum atomic E-state index is 12.5. The zero-order valence-electron chi connectivity index (χ0n) is 13.9. The van der Waals surface area contributed by atoms with Crippen LogP contribution in [0.25, 0.3) is 0 Å². The van der Waals surface area contributed by atoms with E-state index in [2.05, 4.69) is 45.3 Å². The van der Waals surface area contributed by atoms with Crippen molar-refractivity contribution in [3.8, 4) is 0 Å². The molecule has 0 aromatic carbocycles. The summed E-state index contributed by atoms with van der Waals surface area (Å²) in [5, 5.41) is 6.72. The average Bonchev–Trinajstić information content (AvgIpc) is 2.24. The van der Waals surface area contributed by atoms with Crippen LogP contribution in [0.2, 0.25) is 0 Å². The molecule has 0 radical (unpaired) electrons. The van der Waals surface area contributed by atoms with Gasteiger partial charge >= 0.3 is 0 Å². The molecule has 0 aromatic rings. The van der Waals surface area contributed by atoms with Crippen LogP contribution in [-0.4, -0.2) is 24.5 Å². The summed E-state index contributed by atoms with van der Waals surface area (Å²) >= 11 is 0. The second-order valence-corrected chi connectivity index (χ2v) is 8.67. The van der Waals surface area contributed by atoms with E-state index in [1.165, 1.54) is 12.8 Å². The van der Waals surface area contributed by atoms with Gasteiger partial charge in [-0.05, 0) is 55.4 Å². The molecule has 1 heterocycles. The Bertz CT molecular complexity index is 346. The lowest BCUT2D eigenvalue weighted by Gasteiger charge is -2.45. The fourth-order valence-electron chi connectivity index (χ4n) is 4.64. The first-order chi connectivity index (χ1) is 9.19. The highest BCUT2D eigenvalue weighted by Gasteiger charge is 2.40. The SMILES string of the molecule is CC1CCCNC1C(=O)NC1CC(C)(C)CC(C)(C)C1. The maximum absolute atomic E-state index is 12.5. The molecule has 2 fully saturated rings. The topological polar surface area (TPSA) is 41.1 Å². The van der Waals surface area contributed by atoms with Gasteiger partial charge in [-0.2, -0.15) is 0 Å². The number of amides is 1. The number of nitrogens with one attached hydrogen (secondary N) is 2. The molecule has 2 aliphatic rings. The minimum absolute atomic E-state index is 0.0110. The molecule has 1 saturated carbocycles. The van der Waals surface area contributed by atoms with E-state index in [-0.39, 0.29) is 11.9 Å². The average molecular weight is 280 g/mol. The number of hydrogen-bond acceptors (Lipinski definition) is 2. The Morgan fingerprint density at radius 2 is 1.75 bits per heavy atom. The summed E-state index contributed by atoms with van der Waals surface area (Å²) in [4.78, 5) is 12.5. The number of hydrogen-bond donors (Lipinski definition) is 2. The van der Waals surface area contributed by atoms with Gasteiger partial charge in [-0.25, -0.2) is 0 Å². The van der Waals surface area contributed by atoms with E-state index in [0.717, 1.165) is 25.8 Å². The van der Waals surface area contributed by atoms with Gasteiger partial charge in [0.05, 0.1) is 6.04 Å². The molecule has 0 aromatic heterocycles. The van der Waals surface area contributed by atoms with Crippen molar-refractivity contribution in [1.29, 1.82) is 0 Å². The fraction of sp³-hybridized carbons (Fsp3) is 0.941. The number of piperidine rings is 1. The van der Waals surface area contributed by atoms with Gasteiger partial charge in [0.15, 0.2) is 0 Å². The second kappa shape index (κ2) is 5.67. The molecule has 2 N–H and O–H groups in total. The van der Waals surface area contributed by atoms with Crippen molar-refractivity contribution in [2.24, 2.45) is 16.7 Å². The van der Waals surface area contributed by atoms with Crippen molar-refractivity contribution in [2.45, 2.75) is 78.8 Å². The second-order valence-electron chi connectivity index (χ2n) is 8.67. The van der Waals surface area contributed by atoms with Gasteiger partial charge in [0, 0.05) is 6.04 Å². The lowest BCUT2D eigenvalue weighted by atomic mass is 9.63. The summed E-state index contributed by atoms with van der Waals surface area (Å²) in [6.07, 6.45) is 5.79. The van der Waals surface area contributed by atoms with Crippen LogP contribution < -0.4 is 10.6 Å². The van der Waals surface area contributed by atoms with Gasteiger partial charge in [0.1, 0.15) is 0 Å². The molecule has 1 aliphatic heterocycles. The van der Waals surface area contributed by atoms with E-state index in [1.54, 1.807) is 0 Å². The minimum atomic E-state index is 0.0110. The Labute approximate surface area is 124 Å². The largest absolute Gasteiger partial charge is 0.352 e. The van der Waals surface area contributed by atoms with Gasteiger partial charge in [-0.1, -0.05) is 34.6 Å². The third kappa shape index (κ3) is 3.97. The smallest absolute Gasteiger partial charge is 0.237 e. The van der Waals surface area contributed by atoms with Crippen LogP contribution in [0.15, 0.2) is 0 Å². The quantitative estimate of drug-likeness (QED) is 0.816. The summed E-state index contributed by atoms with van der Waals surface area (Å²) in [5.74, 6) is 0.670. The predicted octanol–water partition coefficient (Wildman–Crippen LogP) is 3.10. The first-order valence-corrected chi connectivity index (χ1v) is 8.22. The standard InChI is InChI=1S/C17H32N2O/c1-12-7-6-8-18-14(12)15(20)19-13-9-16(2,3)11-17(4,5)10-13/h12-14,18H,6-11H2,1-5H3,(H,19,20). The van der Waals surface area contributed by atoms with Crippen molar-refractivity contribution in [1.82, 2.24) is 10.6 Å². The van der Waals surface area contributed by atoms with Crippen molar-refractivity contribution in [2.75, 3.05) is 6.54 Å². The van der Waals surface area contributed by atoms with Gasteiger partial charge in [0.2, 0.25) is 5.91 Å². The molecule has 116 valence electrons. The summed E-state index contributed by atoms with van der Waals surface area (Å²) in [6, 6.07) is 0.342. The van der Waals surface area contributed by atoms with E-state index in [4.69, 9.17) is 0 Å². The minimum Gasteiger partial charge on any atom is -0.352 e. The molecular formula is C17H32N2O. The van der Waals surface area contributed by atoms with Crippen LogP contribution in [-0.2, 0) is 4.79 Å². The van der Waals surface area contributed by atoms with Crippen LogP contribution in [0.5, 0.6) is 0 Å². The van der Waals surface area contributed by atoms with E-state index < -0.39 is 0 Å². The van der Waals surface area contributed by atoms with Gasteiger partial charge in [0.25, 0.3) is 0 Å². The normalized spacial score (nSPS) is 33.6. The molecule has 20 heavy (non-hydrogen) atoms. The van der Waals surface area contributed by atoms with Crippen LogP contribution in [0.4, 0.5) is 0 Å². The molecule has 0 bridgehead atoms. The lowest BCUT2D eigenvalue weighted by molar-refractivity contribution is -0.126. The van der Waals surface area contributed by atoms with Gasteiger partial charge in [-0.15, -0.1) is 0 Å². The first-order valence-electron chi connectivity index (χ1n) is 8.22. The molecule has 1 aliphatic carbocycles. The monoisotopic (exact) mass is 280 g/mol. The van der Waals surface area contributed by atoms with Crippen LogP contribution >= 0.6 is 0 Å². The highest BCUT2D eigenvalue weighted by molar-refractivity contribution is 5.82. The molecule has 3 nitrogen and oxygen atoms in total. The molecule has 3 heteroatoms. The molecule has 2 atom stereocenters. The van der Waals surface area contributed by atoms with Crippen molar-refractivity contribution < 1.29 is 4.79 Å². The Balaban J connectivity index is 1.96. The summed E-state index contributed by atoms with van der Waals surface area (Å²) in [7, 11) is 0. The Hall–Kier alpha value is -0.570. The number of carbonyl (C=O) groups excluding carboxylic acids is 1. The highest BCUT2D eigenvalue weighted by Crippen LogP contribution is 2.45. The zero-order valence-corrected chi connectivity index (χ0v) is 13.9. The van der Waals surface area contributed by atoms with E-state index in [1.807, 2.05) is 0 Å². The Morgan fingerprint density at radius 1 is 1.15 bits per heavy atom. The molecule has 1 saturated heterocycles. The number of carbonyl (C=O) groups is 1. The van der Waals surface area contributed by atoms with Gasteiger partial charge < -0.3 is 10.6 Å². The van der Waals surface area contributed by atoms with Crippen molar-refractivity contribution >= 4 is 5.91 Å². The first kappa shape index (κ1) is 15.8. The third-order valence-electron chi connectivity index (χ3n) is 4.95. The van der Waals surface area contributed by atoms with Crippen molar-refractivity contribution in [3.63, 3.8) is 0 Å². The summed E-state index contributed by atoms with van der Waals surface area (Å²) in [5.41, 5.74) is 0.649. The molecule has 0 spiro atoms. The predicted molar refractivity (Wildman–Crippen MR) is 83.5 cm³/mol. The molecule has 2 unspecified atom stereocenters. The summed E-state index contributed by atoms with van der Waals surface area (Å²) in [6.45, 7) is 12.5. The fourth-order valence-corrected chi connectivity index (χ4v) is 4.64. The molecular weight excluding hydrogens is 248 g/mol. The Morgan fingerprint density at radius 3 is 2.30 bits per heavy atom. The lowest BCUT2D eigenvalue weighted by Crippen LogP contribution is -2.55. The van der Waals surface area contributed by atoms with Crippen LogP contribution in [0.3, 0.4) is 0 Å². The molecule has 1 amide bonds. The Kier molecular flexibility index (Phi) is 4.48. The van der Waals surface area contributed by atoms with E-state index in [0.29, 0.717) is 22.8 Å². The maximum Gasteiger partial charge on any atom is 0.237 e. The van der Waals surface area contributed by atoms with E-state index >= 15 is 0 Å². The zero-order chi connectivity index (χ0) is 15.0. The molecule has 2 rings (SSSR count). The summed E-state index contributed by atoms with van der Waals surface area (Å²) < 4.78 is 0. The van der Waals surface area contributed by atoms with Crippen LogP contribution in [0, 0.1) is 16.7 Å². The van der Waals surface area contributed by atoms with E-state index in [9.17, 15) is 4.79 Å². The van der Waals surface area contributed by atoms with Crippen LogP contribution in [0.1, 0.15) is 66.7 Å². The highest BCUT2D eigenvalue weighted by atomic mass is 16.2. The van der Waals surface area contributed by atoms with Gasteiger partial charge in [-0.3, -0.25) is 4.79 Å². The third-order valence-corrected chi connectivity index (χ3v) is 4.95. The van der Waals surface area contributed by atoms with Crippen molar-refractivity contribution in [3.05, 3.63) is 0 Å².